The average Bonchev–Trinajstić information content (AvgIpc) is 3.30. The van der Waals surface area contributed by atoms with Crippen LogP contribution in [-0.4, -0.2) is 33.1 Å². The molecule has 6 nitrogen and oxygen atoms in total. The van der Waals surface area contributed by atoms with Gasteiger partial charge in [-0.2, -0.15) is 6.41 Å². The van der Waals surface area contributed by atoms with Crippen molar-refractivity contribution in [2.45, 2.75) is 18.0 Å². The predicted molar refractivity (Wildman–Crippen MR) is 121 cm³/mol. The first kappa shape index (κ1) is 22.5. The minimum absolute atomic E-state index is 0. The van der Waals surface area contributed by atoms with Crippen molar-refractivity contribution in [3.8, 4) is 0 Å². The number of nitrogens with one attached hydrogen (secondary N) is 1. The first-order valence-corrected chi connectivity index (χ1v) is 10.2. The summed E-state index contributed by atoms with van der Waals surface area (Å²) in [4.78, 5) is 26.7. The molecule has 1 amide bonds. The fourth-order valence-electron chi connectivity index (χ4n) is 4.12. The van der Waals surface area contributed by atoms with Gasteiger partial charge in [-0.3, -0.25) is 4.79 Å². The number of carbonyl (C=O) groups excluding carboxylic acids is 1. The molecule has 0 aliphatic heterocycles. The zero-order valence-electron chi connectivity index (χ0n) is 17.5. The van der Waals surface area contributed by atoms with E-state index in [1.54, 1.807) is 6.33 Å². The molecular formula is C26H22FmN3O3-. The Morgan fingerprint density at radius 1 is 0.909 bits per heavy atom. The van der Waals surface area contributed by atoms with Crippen molar-refractivity contribution < 1.29 is 14.7 Å². The van der Waals surface area contributed by atoms with E-state index in [4.69, 9.17) is 0 Å². The molecule has 0 aliphatic carbocycles. The molecule has 0 radical (unpaired) electrons. The van der Waals surface area contributed by atoms with Gasteiger partial charge in [-0.25, -0.2) is 4.98 Å². The van der Waals surface area contributed by atoms with Crippen molar-refractivity contribution >= 4 is 12.4 Å². The molecule has 0 fully saturated rings. The summed E-state index contributed by atoms with van der Waals surface area (Å²) in [6.07, 6.45) is 5.07. The maximum absolute atomic E-state index is 11.5. The molecule has 3 aromatic carbocycles. The van der Waals surface area contributed by atoms with Gasteiger partial charge < -0.3 is 19.8 Å². The van der Waals surface area contributed by atoms with Crippen molar-refractivity contribution in [2.24, 2.45) is 0 Å². The van der Waals surface area contributed by atoms with Crippen LogP contribution in [0.5, 0.6) is 0 Å². The number of benzene rings is 3. The molecule has 1 atom stereocenters. The van der Waals surface area contributed by atoms with E-state index >= 15 is 0 Å². The van der Waals surface area contributed by atoms with Gasteiger partial charge in [-0.05, 0) is 16.7 Å². The Kier molecular flexibility index (Phi) is 6.64. The van der Waals surface area contributed by atoms with Crippen LogP contribution < -0.4 is 5.32 Å². The summed E-state index contributed by atoms with van der Waals surface area (Å²) in [6.45, 7) is 0. The van der Waals surface area contributed by atoms with Gasteiger partial charge in [0.1, 0.15) is 11.6 Å². The van der Waals surface area contributed by atoms with Crippen molar-refractivity contribution in [1.82, 2.24) is 14.9 Å². The van der Waals surface area contributed by atoms with Crippen LogP contribution in [0.25, 0.3) is 0 Å². The Hall–Kier alpha value is -5.19. The summed E-state index contributed by atoms with van der Waals surface area (Å²) in [5.74, 6) is -1.14. The number of rotatable bonds is 9. The summed E-state index contributed by atoms with van der Waals surface area (Å²) in [5.41, 5.74) is 2.94. The van der Waals surface area contributed by atoms with E-state index in [1.165, 1.54) is 6.41 Å². The van der Waals surface area contributed by atoms with Crippen LogP contribution >= 0.6 is 0 Å². The minimum atomic E-state index is -1.14. The molecule has 0 aliphatic rings. The predicted octanol–water partition coefficient (Wildman–Crippen LogP) is 3.38. The molecule has 1 unspecified atom stereocenters. The molecule has 7 heteroatoms. The van der Waals surface area contributed by atoms with Gasteiger partial charge in [-0.15, -0.1) is 0 Å². The van der Waals surface area contributed by atoms with Crippen LogP contribution in [0, 0.1) is 0 Å². The monoisotopic (exact) mass is 681 g/mol. The van der Waals surface area contributed by atoms with Gasteiger partial charge in [0.2, 0.25) is 0 Å². The van der Waals surface area contributed by atoms with Gasteiger partial charge in [0, 0.05) is 12.6 Å². The number of hydrogen-bond donors (Lipinski definition) is 2. The zero-order chi connectivity index (χ0) is 22.4. The molecule has 0 spiro atoms. The average molecular weight is 681 g/mol. The first-order chi connectivity index (χ1) is 15.7. The number of hydrogen-bond acceptors (Lipinski definition) is 3. The number of carboxylic acid groups (broad SMARTS) is 1. The molecule has 172 valence electrons. The number of nitrogens with zero attached hydrogens (tertiary/aromatic N) is 2. The van der Waals surface area contributed by atoms with Gasteiger partial charge in [-0.1, -0.05) is 91.0 Å². The number of aromatic nitrogens is 2. The Balaban J connectivity index is 0.00000306. The second-order valence-electron chi connectivity index (χ2n) is 7.42. The van der Waals surface area contributed by atoms with Crippen LogP contribution in [0.4, 0.5) is 0 Å². The number of amides is 1. The van der Waals surface area contributed by atoms with E-state index in [0.29, 0.717) is 5.69 Å². The molecule has 0 bridgehead atoms. The summed E-state index contributed by atoms with van der Waals surface area (Å²) >= 11 is 0. The van der Waals surface area contributed by atoms with E-state index in [1.807, 2.05) is 65.4 Å². The third kappa shape index (κ3) is 4.18. The van der Waals surface area contributed by atoms with E-state index in [9.17, 15) is 14.7 Å². The minimum Gasteiger partial charge on any atom is -0.520 e. The van der Waals surface area contributed by atoms with E-state index in [-0.39, 0.29) is 6.42 Å². The summed E-state index contributed by atoms with van der Waals surface area (Å²) < 4.78 is 2.01. The van der Waals surface area contributed by atoms with Crippen LogP contribution in [-0.2, 0) is 21.5 Å². The molecule has 4 rings (SSSR count). The summed E-state index contributed by atoms with van der Waals surface area (Å²) in [6, 6.07) is 29.2. The smallest absolute Gasteiger partial charge is 0.323 e. The number of carbonyl (C=O) groups is 1. The Morgan fingerprint density at radius 3 is 1.76 bits per heavy atom. The second kappa shape index (κ2) is 9.75. The largest absolute Gasteiger partial charge is 0.520 e. The molecule has 2 N–H and O–H groups in total. The molecule has 1 aromatic heterocycles. The number of aliphatic carboxylic acids is 1. The van der Waals surface area contributed by atoms with Crippen LogP contribution in [0.2, 0.25) is 0 Å². The van der Waals surface area contributed by atoms with Crippen molar-refractivity contribution in [2.75, 3.05) is 0 Å². The third-order valence-electron chi connectivity index (χ3n) is 5.54. The van der Waals surface area contributed by atoms with Gasteiger partial charge in [0.05, 0.1) is 12.0 Å². The first-order valence-electron chi connectivity index (χ1n) is 10.2. The molecule has 0 saturated carbocycles. The molecule has 0 saturated heterocycles. The fourth-order valence-corrected chi connectivity index (χ4v) is 4.12. The van der Waals surface area contributed by atoms with Crippen molar-refractivity contribution in [1.29, 1.82) is 0 Å². The molecule has 33 heavy (non-hydrogen) atoms. The molecule has 1 heterocycles. The molecular weight excluding hydrogens is 659 g/mol. The summed E-state index contributed by atoms with van der Waals surface area (Å²) in [7, 11) is 0. The van der Waals surface area contributed by atoms with Crippen LogP contribution in [0.15, 0.2) is 104 Å². The van der Waals surface area contributed by atoms with Crippen molar-refractivity contribution in [3.05, 3.63) is 126 Å². The number of carboxylic acids is 1. The van der Waals surface area contributed by atoms with Crippen LogP contribution in [0.1, 0.15) is 22.4 Å². The van der Waals surface area contributed by atoms with Gasteiger partial charge in [0.15, 0.2) is 0 Å². The van der Waals surface area contributed by atoms with E-state index in [0.717, 1.165) is 16.7 Å². The van der Waals surface area contributed by atoms with Crippen molar-refractivity contribution in [3.63, 3.8) is 0 Å². The number of imidazole rings is 1. The standard InChI is InChI=1S/C26H22N3O3.Fm/c30-19-28-24(25(31)32)16-23-17-29(18-27-23)26(20-10-4-1-5-11-20,21-12-6-2-7-13-21)22-14-8-3-9-15-22;/h1-15,17-18,24H,16H2,(H,28,30)(H,31,32);/q-1;. The van der Waals surface area contributed by atoms with Gasteiger partial charge >= 0.3 is 5.97 Å². The Labute approximate surface area is 186 Å². The SMILES string of the molecule is O=[C-]NC(Cc1cn(C(c2ccccc2)(c2ccccc2)c2ccccc2)cn1)C(=O)O.[Fm]. The van der Waals surface area contributed by atoms with E-state index < -0.39 is 17.6 Å². The quantitative estimate of drug-likeness (QED) is 0.161. The molecule has 4 aromatic rings. The topological polar surface area (TPSA) is 84.2 Å². The Bertz CT molecular complexity index is 1080. The fraction of sp³-hybridized carbons (Fsp3) is 0.115. The zero-order valence-corrected chi connectivity index (χ0v) is 20.0. The second-order valence-corrected chi connectivity index (χ2v) is 7.42. The maximum Gasteiger partial charge on any atom is 0.323 e. The normalized spacial score (nSPS) is 11.8. The summed E-state index contributed by atoms with van der Waals surface area (Å²) in [5, 5.41) is 11.6. The maximum atomic E-state index is 11.5. The Morgan fingerprint density at radius 2 is 1.36 bits per heavy atom. The van der Waals surface area contributed by atoms with Gasteiger partial charge in [0.25, 0.3) is 0 Å². The third-order valence-corrected chi connectivity index (χ3v) is 5.54. The van der Waals surface area contributed by atoms with E-state index in [2.05, 4.69) is 46.7 Å². The van der Waals surface area contributed by atoms with Crippen LogP contribution in [0.3, 0.4) is 0 Å².